The number of aryl methyl sites for hydroxylation is 1. The van der Waals surface area contributed by atoms with Gasteiger partial charge in [-0.1, -0.05) is 17.7 Å². The summed E-state index contributed by atoms with van der Waals surface area (Å²) in [6.45, 7) is 5.75. The Labute approximate surface area is 128 Å². The lowest BCUT2D eigenvalue weighted by molar-refractivity contribution is 0.0937. The van der Waals surface area contributed by atoms with Crippen LogP contribution < -0.4 is 10.6 Å². The first-order chi connectivity index (χ1) is 9.95. The molecule has 6 heteroatoms. The van der Waals surface area contributed by atoms with Crippen LogP contribution >= 0.6 is 11.6 Å². The number of nitrogens with zero attached hydrogens (tertiary/aromatic N) is 2. The van der Waals surface area contributed by atoms with Crippen molar-refractivity contribution in [3.05, 3.63) is 46.9 Å². The minimum atomic E-state index is -0.233. The van der Waals surface area contributed by atoms with Gasteiger partial charge in [0.25, 0.3) is 5.91 Å². The highest BCUT2D eigenvalue weighted by Gasteiger charge is 2.09. The van der Waals surface area contributed by atoms with E-state index in [1.807, 2.05) is 39.0 Å². The van der Waals surface area contributed by atoms with Gasteiger partial charge in [-0.25, -0.2) is 9.97 Å². The number of aromatic nitrogens is 2. The Hall–Kier alpha value is -2.14. The van der Waals surface area contributed by atoms with E-state index < -0.39 is 0 Å². The number of hydrogen-bond acceptors (Lipinski definition) is 4. The molecule has 0 saturated heterocycles. The molecular weight excluding hydrogens is 288 g/mol. The van der Waals surface area contributed by atoms with E-state index in [0.717, 1.165) is 11.3 Å². The van der Waals surface area contributed by atoms with Gasteiger partial charge in [-0.3, -0.25) is 4.79 Å². The first-order valence-electron chi connectivity index (χ1n) is 6.62. The molecule has 0 saturated carbocycles. The maximum absolute atomic E-state index is 11.8. The maximum Gasteiger partial charge on any atom is 0.271 e. The fraction of sp³-hybridized carbons (Fsp3) is 0.267. The zero-order chi connectivity index (χ0) is 15.4. The van der Waals surface area contributed by atoms with Crippen molar-refractivity contribution >= 4 is 29.0 Å². The van der Waals surface area contributed by atoms with Gasteiger partial charge >= 0.3 is 0 Å². The number of carbonyl (C=O) groups excluding carboxylic acids is 1. The Morgan fingerprint density at radius 1 is 1.24 bits per heavy atom. The number of amides is 1. The quantitative estimate of drug-likeness (QED) is 0.909. The van der Waals surface area contributed by atoms with Crippen molar-refractivity contribution in [2.45, 2.75) is 26.8 Å². The molecule has 1 aromatic heterocycles. The largest absolute Gasteiger partial charge is 0.348 e. The summed E-state index contributed by atoms with van der Waals surface area (Å²) in [7, 11) is 0. The molecule has 0 aliphatic rings. The molecule has 1 aromatic carbocycles. The van der Waals surface area contributed by atoms with E-state index in [-0.39, 0.29) is 17.6 Å². The van der Waals surface area contributed by atoms with Crippen LogP contribution in [0.2, 0.25) is 5.02 Å². The summed E-state index contributed by atoms with van der Waals surface area (Å²) in [6.07, 6.45) is 2.97. The van der Waals surface area contributed by atoms with Crippen LogP contribution in [0.15, 0.2) is 30.6 Å². The molecule has 0 radical (unpaired) electrons. The van der Waals surface area contributed by atoms with Crippen molar-refractivity contribution in [3.63, 3.8) is 0 Å². The molecule has 1 amide bonds. The fourth-order valence-corrected chi connectivity index (χ4v) is 1.88. The molecule has 0 atom stereocenters. The molecule has 0 aliphatic carbocycles. The summed E-state index contributed by atoms with van der Waals surface area (Å²) in [5.41, 5.74) is 2.19. The average Bonchev–Trinajstić information content (AvgIpc) is 2.43. The van der Waals surface area contributed by atoms with E-state index >= 15 is 0 Å². The third-order valence-corrected chi connectivity index (χ3v) is 3.00. The molecule has 0 aliphatic heterocycles. The third kappa shape index (κ3) is 4.16. The van der Waals surface area contributed by atoms with Gasteiger partial charge in [0.1, 0.15) is 11.5 Å². The van der Waals surface area contributed by atoms with Crippen LogP contribution in [0.3, 0.4) is 0 Å². The van der Waals surface area contributed by atoms with Gasteiger partial charge in [0.05, 0.1) is 12.4 Å². The molecule has 2 rings (SSSR count). The fourth-order valence-electron chi connectivity index (χ4n) is 1.71. The molecule has 0 spiro atoms. The Balaban J connectivity index is 2.12. The smallest absolute Gasteiger partial charge is 0.271 e. The Bertz CT molecular complexity index is 641. The van der Waals surface area contributed by atoms with Gasteiger partial charge in [0.2, 0.25) is 0 Å². The number of hydrogen-bond donors (Lipinski definition) is 2. The van der Waals surface area contributed by atoms with E-state index in [1.54, 1.807) is 0 Å². The van der Waals surface area contributed by atoms with Crippen LogP contribution in [0.1, 0.15) is 29.9 Å². The zero-order valence-corrected chi connectivity index (χ0v) is 12.9. The normalized spacial score (nSPS) is 10.5. The van der Waals surface area contributed by atoms with E-state index in [0.29, 0.717) is 10.8 Å². The summed E-state index contributed by atoms with van der Waals surface area (Å²) >= 11 is 5.97. The van der Waals surface area contributed by atoms with Gasteiger partial charge in [-0.15, -0.1) is 0 Å². The molecule has 0 fully saturated rings. The number of rotatable bonds is 4. The maximum atomic E-state index is 11.8. The van der Waals surface area contributed by atoms with Gasteiger partial charge in [-0.05, 0) is 38.5 Å². The van der Waals surface area contributed by atoms with Gasteiger partial charge in [-0.2, -0.15) is 0 Å². The second-order valence-electron chi connectivity index (χ2n) is 5.00. The topological polar surface area (TPSA) is 66.9 Å². The monoisotopic (exact) mass is 304 g/mol. The second-order valence-corrected chi connectivity index (χ2v) is 5.44. The number of benzene rings is 1. The van der Waals surface area contributed by atoms with Crippen LogP contribution in [0.25, 0.3) is 0 Å². The first kappa shape index (κ1) is 15.3. The zero-order valence-electron chi connectivity index (χ0n) is 12.1. The molecular formula is C15H17ClN4O. The van der Waals surface area contributed by atoms with E-state index in [9.17, 15) is 4.79 Å². The number of anilines is 2. The van der Waals surface area contributed by atoms with Crippen molar-refractivity contribution in [1.29, 1.82) is 0 Å². The van der Waals surface area contributed by atoms with Crippen LogP contribution in [-0.4, -0.2) is 21.9 Å². The lowest BCUT2D eigenvalue weighted by Gasteiger charge is -2.10. The van der Waals surface area contributed by atoms with Crippen molar-refractivity contribution in [2.75, 3.05) is 5.32 Å². The van der Waals surface area contributed by atoms with Gasteiger partial charge < -0.3 is 10.6 Å². The lowest BCUT2D eigenvalue weighted by atomic mass is 10.2. The van der Waals surface area contributed by atoms with Gasteiger partial charge in [0, 0.05) is 16.8 Å². The SMILES string of the molecule is Cc1ccc(Cl)cc1Nc1cnc(C(=O)NC(C)C)cn1. The standard InChI is InChI=1S/C15H17ClN4O/c1-9(2)19-15(21)13-7-18-14(8-17-13)20-12-6-11(16)5-4-10(12)3/h4-9H,1-3H3,(H,18,20)(H,19,21). The van der Waals surface area contributed by atoms with E-state index in [1.165, 1.54) is 12.4 Å². The molecule has 0 unspecified atom stereocenters. The van der Waals surface area contributed by atoms with Crippen LogP contribution in [0, 0.1) is 6.92 Å². The second kappa shape index (κ2) is 6.54. The number of nitrogens with one attached hydrogen (secondary N) is 2. The van der Waals surface area contributed by atoms with Crippen molar-refractivity contribution in [1.82, 2.24) is 15.3 Å². The molecule has 5 nitrogen and oxygen atoms in total. The average molecular weight is 305 g/mol. The van der Waals surface area contributed by atoms with Crippen molar-refractivity contribution in [2.24, 2.45) is 0 Å². The number of halogens is 1. The highest BCUT2D eigenvalue weighted by molar-refractivity contribution is 6.30. The predicted octanol–water partition coefficient (Wildman–Crippen LogP) is 3.32. The molecule has 2 N–H and O–H groups in total. The summed E-state index contributed by atoms with van der Waals surface area (Å²) in [6, 6.07) is 5.62. The molecule has 1 heterocycles. The van der Waals surface area contributed by atoms with Crippen LogP contribution in [0.4, 0.5) is 11.5 Å². The highest BCUT2D eigenvalue weighted by atomic mass is 35.5. The first-order valence-corrected chi connectivity index (χ1v) is 6.99. The predicted molar refractivity (Wildman–Crippen MR) is 84.1 cm³/mol. The minimum absolute atomic E-state index is 0.0613. The number of carbonyl (C=O) groups is 1. The van der Waals surface area contributed by atoms with E-state index in [2.05, 4.69) is 20.6 Å². The summed E-state index contributed by atoms with van der Waals surface area (Å²) < 4.78 is 0. The summed E-state index contributed by atoms with van der Waals surface area (Å²) in [4.78, 5) is 20.1. The summed E-state index contributed by atoms with van der Waals surface area (Å²) in [5, 5.41) is 6.54. The highest BCUT2D eigenvalue weighted by Crippen LogP contribution is 2.22. The van der Waals surface area contributed by atoms with Crippen molar-refractivity contribution in [3.8, 4) is 0 Å². The lowest BCUT2D eigenvalue weighted by Crippen LogP contribution is -2.30. The Morgan fingerprint density at radius 2 is 2.00 bits per heavy atom. The van der Waals surface area contributed by atoms with Crippen LogP contribution in [0.5, 0.6) is 0 Å². The van der Waals surface area contributed by atoms with Crippen LogP contribution in [-0.2, 0) is 0 Å². The summed E-state index contributed by atoms with van der Waals surface area (Å²) in [5.74, 6) is 0.324. The Morgan fingerprint density at radius 3 is 2.62 bits per heavy atom. The minimum Gasteiger partial charge on any atom is -0.348 e. The molecule has 21 heavy (non-hydrogen) atoms. The molecule has 110 valence electrons. The molecule has 2 aromatic rings. The third-order valence-electron chi connectivity index (χ3n) is 2.77. The van der Waals surface area contributed by atoms with Crippen molar-refractivity contribution < 1.29 is 4.79 Å². The molecule has 0 bridgehead atoms. The Kier molecular flexibility index (Phi) is 4.75. The van der Waals surface area contributed by atoms with E-state index in [4.69, 9.17) is 11.6 Å². The van der Waals surface area contributed by atoms with Gasteiger partial charge in [0.15, 0.2) is 0 Å².